The van der Waals surface area contributed by atoms with Gasteiger partial charge in [0.15, 0.2) is 0 Å². The summed E-state index contributed by atoms with van der Waals surface area (Å²) in [5.74, 6) is -1.23. The first kappa shape index (κ1) is 33.1. The largest absolute Gasteiger partial charge is 0.478 e. The second-order valence-electron chi connectivity index (χ2n) is 8.94. The standard InChI is InChI=1S/C29H33Cl2N3O8/c1-39-12-13-41-15-14-40-11-10-32-27(35)17-25(28(36)34-24-5-3-2-4-21(24)29(37)38)33-18-20-7-9-26(42-20)22-16-19(30)6-8-23(22)31/h2-9,16,25,33H,10-15,17-18H2,1H3,(H,32,35)(H,34,36)(H,37,38). The smallest absolute Gasteiger partial charge is 0.337 e. The van der Waals surface area contributed by atoms with Crippen molar-refractivity contribution in [3.8, 4) is 11.3 Å². The van der Waals surface area contributed by atoms with Crippen molar-refractivity contribution in [3.05, 3.63) is 76.0 Å². The molecular formula is C29H33Cl2N3O8. The van der Waals surface area contributed by atoms with Crippen LogP contribution in [0.5, 0.6) is 0 Å². The fourth-order valence-corrected chi connectivity index (χ4v) is 4.15. The molecule has 2 amide bonds. The SMILES string of the molecule is COCCOCCOCCNC(=O)CC(NCc1ccc(-c2cc(Cl)ccc2Cl)o1)C(=O)Nc1ccccc1C(=O)O. The number of aromatic carboxylic acids is 1. The van der Waals surface area contributed by atoms with Crippen LogP contribution in [0.1, 0.15) is 22.5 Å². The van der Waals surface area contributed by atoms with Gasteiger partial charge in [-0.1, -0.05) is 35.3 Å². The van der Waals surface area contributed by atoms with Crippen LogP contribution >= 0.6 is 23.2 Å². The summed E-state index contributed by atoms with van der Waals surface area (Å²) in [6.45, 7) is 2.32. The van der Waals surface area contributed by atoms with Crippen LogP contribution < -0.4 is 16.0 Å². The molecule has 0 aliphatic heterocycles. The fraction of sp³-hybridized carbons (Fsp3) is 0.345. The van der Waals surface area contributed by atoms with Gasteiger partial charge in [0.05, 0.1) is 68.3 Å². The molecule has 0 fully saturated rings. The number of amides is 2. The first-order chi connectivity index (χ1) is 20.3. The van der Waals surface area contributed by atoms with Crippen LogP contribution in [-0.4, -0.2) is 75.6 Å². The maximum Gasteiger partial charge on any atom is 0.337 e. The van der Waals surface area contributed by atoms with E-state index < -0.39 is 23.8 Å². The number of hydrogen-bond acceptors (Lipinski definition) is 8. The fourth-order valence-electron chi connectivity index (χ4n) is 3.77. The highest BCUT2D eigenvalue weighted by Gasteiger charge is 2.24. The van der Waals surface area contributed by atoms with Gasteiger partial charge in [0.2, 0.25) is 11.8 Å². The van der Waals surface area contributed by atoms with Crippen molar-refractivity contribution in [3.63, 3.8) is 0 Å². The first-order valence-corrected chi connectivity index (χ1v) is 13.9. The second-order valence-corrected chi connectivity index (χ2v) is 9.78. The van der Waals surface area contributed by atoms with Crippen molar-refractivity contribution >= 4 is 46.7 Å². The van der Waals surface area contributed by atoms with E-state index in [2.05, 4.69) is 16.0 Å². The Morgan fingerprint density at radius 2 is 1.69 bits per heavy atom. The summed E-state index contributed by atoms with van der Waals surface area (Å²) in [6, 6.07) is 13.4. The minimum atomic E-state index is -1.19. The van der Waals surface area contributed by atoms with Crippen molar-refractivity contribution in [2.75, 3.05) is 52.0 Å². The van der Waals surface area contributed by atoms with Gasteiger partial charge in [-0.25, -0.2) is 4.79 Å². The summed E-state index contributed by atoms with van der Waals surface area (Å²) < 4.78 is 21.5. The van der Waals surface area contributed by atoms with E-state index in [1.165, 1.54) is 12.1 Å². The van der Waals surface area contributed by atoms with Gasteiger partial charge in [-0.2, -0.15) is 0 Å². The van der Waals surface area contributed by atoms with E-state index in [0.717, 1.165) is 0 Å². The number of methoxy groups -OCH3 is 1. The van der Waals surface area contributed by atoms with Crippen LogP contribution in [0.25, 0.3) is 11.3 Å². The number of carboxylic acids is 1. The van der Waals surface area contributed by atoms with Gasteiger partial charge in [-0.05, 0) is 42.5 Å². The lowest BCUT2D eigenvalue weighted by Crippen LogP contribution is -2.44. The second kappa shape index (κ2) is 17.5. The molecule has 0 radical (unpaired) electrons. The predicted octanol–water partition coefficient (Wildman–Crippen LogP) is 4.23. The highest BCUT2D eigenvalue weighted by Crippen LogP contribution is 2.31. The third kappa shape index (κ3) is 10.8. The predicted molar refractivity (Wildman–Crippen MR) is 158 cm³/mol. The van der Waals surface area contributed by atoms with E-state index in [1.807, 2.05) is 0 Å². The quantitative estimate of drug-likeness (QED) is 0.153. The van der Waals surface area contributed by atoms with Crippen molar-refractivity contribution in [2.45, 2.75) is 19.0 Å². The maximum atomic E-state index is 13.2. The van der Waals surface area contributed by atoms with Gasteiger partial charge < -0.3 is 34.4 Å². The van der Waals surface area contributed by atoms with E-state index in [-0.39, 0.29) is 37.4 Å². The number of rotatable bonds is 18. The number of nitrogens with one attached hydrogen (secondary N) is 3. The molecule has 2 aromatic carbocycles. The van der Waals surface area contributed by atoms with E-state index in [9.17, 15) is 19.5 Å². The minimum absolute atomic E-state index is 0.0773. The molecule has 0 saturated carbocycles. The molecule has 0 aliphatic rings. The third-order valence-electron chi connectivity index (χ3n) is 5.87. The van der Waals surface area contributed by atoms with Crippen molar-refractivity contribution in [1.29, 1.82) is 0 Å². The van der Waals surface area contributed by atoms with E-state index in [1.54, 1.807) is 49.6 Å². The lowest BCUT2D eigenvalue weighted by atomic mass is 10.1. The molecule has 4 N–H and O–H groups in total. The average Bonchev–Trinajstić information content (AvgIpc) is 3.44. The van der Waals surface area contributed by atoms with Crippen molar-refractivity contribution in [1.82, 2.24) is 10.6 Å². The number of halogens is 2. The Balaban J connectivity index is 1.60. The number of ether oxygens (including phenoxy) is 3. The molecule has 3 aromatic rings. The van der Waals surface area contributed by atoms with Crippen LogP contribution in [0, 0.1) is 0 Å². The molecule has 13 heteroatoms. The van der Waals surface area contributed by atoms with Crippen LogP contribution in [0.2, 0.25) is 10.0 Å². The Kier molecular flexibility index (Phi) is 13.8. The highest BCUT2D eigenvalue weighted by atomic mass is 35.5. The van der Waals surface area contributed by atoms with Crippen LogP contribution in [-0.2, 0) is 30.3 Å². The number of anilines is 1. The van der Waals surface area contributed by atoms with Crippen LogP contribution in [0.15, 0.2) is 59.0 Å². The molecular weight excluding hydrogens is 589 g/mol. The Bertz CT molecular complexity index is 1330. The summed E-state index contributed by atoms with van der Waals surface area (Å²) in [5, 5.41) is 18.8. The number of furan rings is 1. The summed E-state index contributed by atoms with van der Waals surface area (Å²) in [5.41, 5.74) is 0.642. The lowest BCUT2D eigenvalue weighted by molar-refractivity contribution is -0.126. The zero-order chi connectivity index (χ0) is 30.3. The Morgan fingerprint density at radius 3 is 2.45 bits per heavy atom. The molecule has 11 nitrogen and oxygen atoms in total. The van der Waals surface area contributed by atoms with Crippen LogP contribution in [0.4, 0.5) is 5.69 Å². The molecule has 1 aromatic heterocycles. The van der Waals surface area contributed by atoms with Gasteiger partial charge in [-0.3, -0.25) is 14.9 Å². The number of benzene rings is 2. The van der Waals surface area contributed by atoms with E-state index >= 15 is 0 Å². The molecule has 226 valence electrons. The molecule has 0 bridgehead atoms. The van der Waals surface area contributed by atoms with Gasteiger partial charge in [0, 0.05) is 24.2 Å². The molecule has 42 heavy (non-hydrogen) atoms. The topological polar surface area (TPSA) is 148 Å². The zero-order valence-corrected chi connectivity index (χ0v) is 24.5. The Labute approximate surface area is 253 Å². The maximum absolute atomic E-state index is 13.2. The first-order valence-electron chi connectivity index (χ1n) is 13.1. The van der Waals surface area contributed by atoms with Gasteiger partial charge in [0.25, 0.3) is 0 Å². The number of carbonyl (C=O) groups excluding carboxylic acids is 2. The summed E-state index contributed by atoms with van der Waals surface area (Å²) in [4.78, 5) is 37.5. The summed E-state index contributed by atoms with van der Waals surface area (Å²) >= 11 is 12.4. The molecule has 1 unspecified atom stereocenters. The number of hydrogen-bond donors (Lipinski definition) is 4. The van der Waals surface area contributed by atoms with E-state index in [0.29, 0.717) is 53.6 Å². The van der Waals surface area contributed by atoms with Crippen LogP contribution in [0.3, 0.4) is 0 Å². The Morgan fingerprint density at radius 1 is 0.952 bits per heavy atom. The number of carbonyl (C=O) groups is 3. The lowest BCUT2D eigenvalue weighted by Gasteiger charge is -2.18. The van der Waals surface area contributed by atoms with Crippen molar-refractivity contribution < 1.29 is 38.1 Å². The van der Waals surface area contributed by atoms with E-state index in [4.69, 9.17) is 41.8 Å². The van der Waals surface area contributed by atoms with Gasteiger partial charge in [0.1, 0.15) is 11.5 Å². The normalized spacial score (nSPS) is 11.7. The monoisotopic (exact) mass is 621 g/mol. The number of carboxylic acid groups (broad SMARTS) is 1. The van der Waals surface area contributed by atoms with Crippen molar-refractivity contribution in [2.24, 2.45) is 0 Å². The number of para-hydroxylation sites is 1. The summed E-state index contributed by atoms with van der Waals surface area (Å²) in [7, 11) is 1.59. The minimum Gasteiger partial charge on any atom is -0.478 e. The van der Waals surface area contributed by atoms with Gasteiger partial charge in [-0.15, -0.1) is 0 Å². The molecule has 0 saturated heterocycles. The third-order valence-corrected chi connectivity index (χ3v) is 6.44. The highest BCUT2D eigenvalue weighted by molar-refractivity contribution is 6.35. The summed E-state index contributed by atoms with van der Waals surface area (Å²) in [6.07, 6.45) is -0.227. The molecule has 0 aliphatic carbocycles. The van der Waals surface area contributed by atoms with Gasteiger partial charge >= 0.3 is 5.97 Å². The Hall–Kier alpha value is -3.45. The zero-order valence-electron chi connectivity index (χ0n) is 23.0. The molecule has 1 atom stereocenters. The average molecular weight is 623 g/mol. The molecule has 0 spiro atoms. The molecule has 3 rings (SSSR count). The molecule has 1 heterocycles.